The average molecular weight is 446 g/mol. The van der Waals surface area contributed by atoms with Crippen LogP contribution in [-0.4, -0.2) is 17.3 Å². The Morgan fingerprint density at radius 1 is 1.03 bits per heavy atom. The monoisotopic (exact) mass is 445 g/mol. The molecular formula is C27H24ClNO3. The molecular weight excluding hydrogens is 422 g/mol. The van der Waals surface area contributed by atoms with Gasteiger partial charge in [0.15, 0.2) is 5.60 Å². The Labute approximate surface area is 192 Å². The van der Waals surface area contributed by atoms with Crippen LogP contribution in [0.15, 0.2) is 90.5 Å². The number of carbonyl (C=O) groups is 2. The van der Waals surface area contributed by atoms with E-state index in [1.807, 2.05) is 60.7 Å². The van der Waals surface area contributed by atoms with E-state index in [4.69, 9.17) is 11.6 Å². The average Bonchev–Trinajstić information content (AvgIpc) is 3.02. The summed E-state index contributed by atoms with van der Waals surface area (Å²) in [6.07, 6.45) is 2.81. The molecule has 2 atom stereocenters. The molecule has 0 aromatic heterocycles. The van der Waals surface area contributed by atoms with Crippen LogP contribution in [0.25, 0.3) is 0 Å². The normalized spacial score (nSPS) is 19.0. The van der Waals surface area contributed by atoms with Crippen LogP contribution >= 0.6 is 11.6 Å². The van der Waals surface area contributed by atoms with Crippen molar-refractivity contribution >= 4 is 29.5 Å². The van der Waals surface area contributed by atoms with Gasteiger partial charge in [0, 0.05) is 16.5 Å². The zero-order valence-corrected chi connectivity index (χ0v) is 18.5. The fourth-order valence-corrected chi connectivity index (χ4v) is 4.48. The van der Waals surface area contributed by atoms with Crippen molar-refractivity contribution in [3.8, 4) is 0 Å². The lowest BCUT2D eigenvalue weighted by molar-refractivity contribution is -0.140. The maximum Gasteiger partial charge on any atom is 0.264 e. The highest BCUT2D eigenvalue weighted by molar-refractivity contribution is 6.31. The number of hydrogen-bond acceptors (Lipinski definition) is 3. The molecule has 32 heavy (non-hydrogen) atoms. The first-order chi connectivity index (χ1) is 15.4. The van der Waals surface area contributed by atoms with Crippen LogP contribution in [0.2, 0.25) is 5.02 Å². The molecule has 1 N–H and O–H groups in total. The van der Waals surface area contributed by atoms with Crippen molar-refractivity contribution < 1.29 is 14.7 Å². The van der Waals surface area contributed by atoms with Crippen LogP contribution in [0.3, 0.4) is 0 Å². The summed E-state index contributed by atoms with van der Waals surface area (Å²) in [6.45, 7) is 2.00. The van der Waals surface area contributed by atoms with Gasteiger partial charge in [-0.3, -0.25) is 9.59 Å². The molecule has 0 saturated heterocycles. The van der Waals surface area contributed by atoms with Gasteiger partial charge in [-0.25, -0.2) is 0 Å². The van der Waals surface area contributed by atoms with Gasteiger partial charge in [0.25, 0.3) is 5.91 Å². The number of hydrogen-bond donors (Lipinski definition) is 1. The van der Waals surface area contributed by atoms with Gasteiger partial charge in [-0.1, -0.05) is 78.3 Å². The van der Waals surface area contributed by atoms with E-state index in [1.165, 1.54) is 0 Å². The Morgan fingerprint density at radius 3 is 2.28 bits per heavy atom. The SMILES string of the molecule is C/C(C=O)=C\[C@H](Cc1ccccc1)[C@]1(O)C(=O)N(Cc2ccccc2)c2ccc(Cl)cc21. The number of carbonyl (C=O) groups excluding carboxylic acids is 2. The number of fused-ring (bicyclic) bond motifs is 1. The first-order valence-electron chi connectivity index (χ1n) is 10.5. The molecule has 3 aromatic carbocycles. The van der Waals surface area contributed by atoms with Crippen molar-refractivity contribution in [2.75, 3.05) is 4.90 Å². The topological polar surface area (TPSA) is 57.6 Å². The Hall–Kier alpha value is -3.21. The minimum atomic E-state index is -1.85. The molecule has 1 aliphatic heterocycles. The van der Waals surface area contributed by atoms with Gasteiger partial charge in [0.2, 0.25) is 0 Å². The summed E-state index contributed by atoms with van der Waals surface area (Å²) in [7, 11) is 0. The lowest BCUT2D eigenvalue weighted by Gasteiger charge is -2.31. The second-order valence-electron chi connectivity index (χ2n) is 8.13. The number of nitrogens with zero attached hydrogens (tertiary/aromatic N) is 1. The Kier molecular flexibility index (Phi) is 6.26. The molecule has 0 radical (unpaired) electrons. The van der Waals surface area contributed by atoms with Gasteiger partial charge in [-0.05, 0) is 48.2 Å². The highest BCUT2D eigenvalue weighted by atomic mass is 35.5. The van der Waals surface area contributed by atoms with Crippen molar-refractivity contribution in [1.82, 2.24) is 0 Å². The van der Waals surface area contributed by atoms with Crippen molar-refractivity contribution in [3.63, 3.8) is 0 Å². The smallest absolute Gasteiger partial charge is 0.264 e. The lowest BCUT2D eigenvalue weighted by atomic mass is 9.77. The van der Waals surface area contributed by atoms with Gasteiger partial charge >= 0.3 is 0 Å². The van der Waals surface area contributed by atoms with Crippen molar-refractivity contribution in [3.05, 3.63) is 112 Å². The number of aliphatic hydroxyl groups is 1. The molecule has 0 fully saturated rings. The number of amides is 1. The zero-order valence-electron chi connectivity index (χ0n) is 17.7. The van der Waals surface area contributed by atoms with E-state index in [0.29, 0.717) is 34.8 Å². The summed E-state index contributed by atoms with van der Waals surface area (Å²) in [5, 5.41) is 12.5. The van der Waals surface area contributed by atoms with E-state index in [0.717, 1.165) is 17.4 Å². The molecule has 162 valence electrons. The van der Waals surface area contributed by atoms with Crippen molar-refractivity contribution in [2.45, 2.75) is 25.5 Å². The quantitative estimate of drug-likeness (QED) is 0.407. The zero-order chi connectivity index (χ0) is 22.7. The molecule has 4 nitrogen and oxygen atoms in total. The summed E-state index contributed by atoms with van der Waals surface area (Å²) >= 11 is 6.29. The predicted molar refractivity (Wildman–Crippen MR) is 126 cm³/mol. The van der Waals surface area contributed by atoms with E-state index in [-0.39, 0.29) is 0 Å². The first-order valence-corrected chi connectivity index (χ1v) is 10.9. The van der Waals surface area contributed by atoms with E-state index < -0.39 is 17.4 Å². The summed E-state index contributed by atoms with van der Waals surface area (Å²) in [6, 6.07) is 24.4. The third-order valence-corrected chi connectivity index (χ3v) is 6.13. The van der Waals surface area contributed by atoms with Crippen LogP contribution in [0.1, 0.15) is 23.6 Å². The van der Waals surface area contributed by atoms with Crippen LogP contribution in [0.5, 0.6) is 0 Å². The Morgan fingerprint density at radius 2 is 1.66 bits per heavy atom. The molecule has 3 aromatic rings. The molecule has 0 saturated carbocycles. The molecule has 1 aliphatic rings. The molecule has 0 bridgehead atoms. The third-order valence-electron chi connectivity index (χ3n) is 5.90. The minimum Gasteiger partial charge on any atom is -0.375 e. The van der Waals surface area contributed by atoms with Crippen LogP contribution in [0.4, 0.5) is 5.69 Å². The van der Waals surface area contributed by atoms with Crippen LogP contribution in [-0.2, 0) is 28.2 Å². The lowest BCUT2D eigenvalue weighted by Crippen LogP contribution is -2.45. The number of allylic oxidation sites excluding steroid dienone is 1. The van der Waals surface area contributed by atoms with Crippen molar-refractivity contribution in [1.29, 1.82) is 0 Å². The summed E-state index contributed by atoms with van der Waals surface area (Å²) in [4.78, 5) is 26.8. The van der Waals surface area contributed by atoms with E-state index >= 15 is 0 Å². The molecule has 4 rings (SSSR count). The van der Waals surface area contributed by atoms with Crippen molar-refractivity contribution in [2.24, 2.45) is 5.92 Å². The highest BCUT2D eigenvalue weighted by Crippen LogP contribution is 2.47. The second-order valence-corrected chi connectivity index (χ2v) is 8.57. The van der Waals surface area contributed by atoms with Gasteiger partial charge in [-0.15, -0.1) is 0 Å². The largest absolute Gasteiger partial charge is 0.375 e. The maximum absolute atomic E-state index is 13.8. The highest BCUT2D eigenvalue weighted by Gasteiger charge is 2.54. The molecule has 1 amide bonds. The Balaban J connectivity index is 1.83. The van der Waals surface area contributed by atoms with Crippen LogP contribution in [0, 0.1) is 5.92 Å². The standard InChI is InChI=1S/C27H24ClNO3/c1-19(18-30)14-22(15-20-8-4-2-5-9-20)27(32)24-16-23(28)12-13-25(24)29(26(27)31)17-21-10-6-3-7-11-21/h2-14,16,18,22,32H,15,17H2,1H3/b19-14+/t22-,27-/m1/s1. The van der Waals surface area contributed by atoms with Gasteiger partial charge in [-0.2, -0.15) is 0 Å². The summed E-state index contributed by atoms with van der Waals surface area (Å²) in [5.74, 6) is -1.07. The second kappa shape index (κ2) is 9.11. The van der Waals surface area contributed by atoms with E-state index in [2.05, 4.69) is 0 Å². The maximum atomic E-state index is 13.8. The minimum absolute atomic E-state index is 0.324. The molecule has 0 spiro atoms. The van der Waals surface area contributed by atoms with Gasteiger partial charge in [0.1, 0.15) is 6.29 Å². The number of rotatable bonds is 7. The number of benzene rings is 3. The van der Waals surface area contributed by atoms with Gasteiger partial charge < -0.3 is 10.0 Å². The number of halogens is 1. The summed E-state index contributed by atoms with van der Waals surface area (Å²) in [5.41, 5.74) is 1.60. The molecule has 1 heterocycles. The number of anilines is 1. The van der Waals surface area contributed by atoms with Crippen LogP contribution < -0.4 is 4.90 Å². The molecule has 5 heteroatoms. The predicted octanol–water partition coefficient (Wildman–Crippen LogP) is 5.08. The molecule has 0 unspecified atom stereocenters. The fourth-order valence-electron chi connectivity index (χ4n) is 4.31. The van der Waals surface area contributed by atoms with E-state index in [9.17, 15) is 14.7 Å². The molecule has 0 aliphatic carbocycles. The Bertz CT molecular complexity index is 1160. The van der Waals surface area contributed by atoms with E-state index in [1.54, 1.807) is 36.1 Å². The third kappa shape index (κ3) is 4.12. The van der Waals surface area contributed by atoms with Gasteiger partial charge in [0.05, 0.1) is 12.2 Å². The number of aldehydes is 1. The first kappa shape index (κ1) is 22.0. The summed E-state index contributed by atoms with van der Waals surface area (Å²) < 4.78 is 0. The fraction of sp³-hybridized carbons (Fsp3) is 0.185.